The molecular weight excluding hydrogens is 510 g/mol. The molecule has 4 N–H and O–H groups in total. The van der Waals surface area contributed by atoms with E-state index in [1.165, 1.54) is 55.5 Å². The van der Waals surface area contributed by atoms with Gasteiger partial charge in [-0.05, 0) is 49.4 Å². The predicted octanol–water partition coefficient (Wildman–Crippen LogP) is 5.52. The molecule has 1 heterocycles. The zero-order valence-corrected chi connectivity index (χ0v) is 19.5. The molecule has 4 aromatic rings. The van der Waals surface area contributed by atoms with Gasteiger partial charge in [0, 0.05) is 5.69 Å². The van der Waals surface area contributed by atoms with Gasteiger partial charge in [-0.3, -0.25) is 9.36 Å². The van der Waals surface area contributed by atoms with Gasteiger partial charge in [-0.2, -0.15) is 13.2 Å². The lowest BCUT2D eigenvalue weighted by Gasteiger charge is -2.19. The van der Waals surface area contributed by atoms with Crippen molar-refractivity contribution in [2.75, 3.05) is 10.6 Å². The molecule has 0 radical (unpaired) electrons. The number of amides is 3. The van der Waals surface area contributed by atoms with Gasteiger partial charge in [0.2, 0.25) is 0 Å². The molecule has 3 amide bonds. The van der Waals surface area contributed by atoms with Crippen LogP contribution in [0.1, 0.15) is 24.4 Å². The minimum atomic E-state index is -4.69. The summed E-state index contributed by atoms with van der Waals surface area (Å²) < 4.78 is 55.3. The van der Waals surface area contributed by atoms with E-state index in [1.807, 2.05) is 0 Å². The summed E-state index contributed by atoms with van der Waals surface area (Å²) in [6.07, 6.45) is -6.08. The highest BCUT2D eigenvalue weighted by molar-refractivity contribution is 6.00. The van der Waals surface area contributed by atoms with Crippen LogP contribution in [0.3, 0.4) is 0 Å². The van der Waals surface area contributed by atoms with Gasteiger partial charge >= 0.3 is 18.3 Å². The van der Waals surface area contributed by atoms with Gasteiger partial charge in [-0.1, -0.05) is 24.3 Å². The lowest BCUT2D eigenvalue weighted by Crippen LogP contribution is -2.32. The summed E-state index contributed by atoms with van der Waals surface area (Å²) in [5.74, 6) is -0.896. The van der Waals surface area contributed by atoms with Crippen LogP contribution in [0.25, 0.3) is 16.6 Å². The standard InChI is InChI=1S/C25H19F4N5O4/c1-13(30-24(37)38)21-32-19-11-5-9-17(26)20(19)22(35)34(21)15-7-4-6-14(12-15)31-23(36)33-18-10-3-2-8-16(18)25(27,28)29/h2-13,30H,1H3,(H,37,38)(H2,31,33,36). The average Bonchev–Trinajstić information content (AvgIpc) is 2.83. The van der Waals surface area contributed by atoms with E-state index >= 15 is 0 Å². The van der Waals surface area contributed by atoms with Gasteiger partial charge in [-0.15, -0.1) is 0 Å². The minimum absolute atomic E-state index is 0.0114. The SMILES string of the molecule is CC(NC(=O)O)c1nc2cccc(F)c2c(=O)n1-c1cccc(NC(=O)Nc2ccccc2C(F)(F)F)c1. The Morgan fingerprint density at radius 1 is 1.00 bits per heavy atom. The molecule has 1 aromatic heterocycles. The van der Waals surface area contributed by atoms with Gasteiger partial charge in [0.25, 0.3) is 5.56 Å². The number of anilines is 2. The first-order chi connectivity index (χ1) is 18.0. The van der Waals surface area contributed by atoms with Crippen LogP contribution in [0.4, 0.5) is 38.5 Å². The number of rotatable bonds is 5. The summed E-state index contributed by atoms with van der Waals surface area (Å²) >= 11 is 0. The molecule has 0 aliphatic heterocycles. The molecule has 4 rings (SSSR count). The third-order valence-corrected chi connectivity index (χ3v) is 5.44. The van der Waals surface area contributed by atoms with Crippen LogP contribution in [-0.4, -0.2) is 26.8 Å². The highest BCUT2D eigenvalue weighted by Crippen LogP contribution is 2.34. The number of nitrogens with zero attached hydrogens (tertiary/aromatic N) is 2. The number of nitrogens with one attached hydrogen (secondary N) is 3. The fourth-order valence-electron chi connectivity index (χ4n) is 3.84. The van der Waals surface area contributed by atoms with Crippen molar-refractivity contribution in [3.63, 3.8) is 0 Å². The maximum absolute atomic E-state index is 14.6. The minimum Gasteiger partial charge on any atom is -0.465 e. The third kappa shape index (κ3) is 5.40. The Balaban J connectivity index is 1.73. The molecule has 0 aliphatic rings. The summed E-state index contributed by atoms with van der Waals surface area (Å²) in [5, 5.41) is 15.6. The maximum atomic E-state index is 14.6. The smallest absolute Gasteiger partial charge is 0.418 e. The van der Waals surface area contributed by atoms with Crippen molar-refractivity contribution in [2.24, 2.45) is 0 Å². The van der Waals surface area contributed by atoms with Gasteiger partial charge in [-0.25, -0.2) is 19.0 Å². The molecule has 9 nitrogen and oxygen atoms in total. The first-order valence-corrected chi connectivity index (χ1v) is 11.0. The van der Waals surface area contributed by atoms with E-state index < -0.39 is 47.0 Å². The average molecular weight is 529 g/mol. The summed E-state index contributed by atoms with van der Waals surface area (Å²) in [7, 11) is 0. The number of fused-ring (bicyclic) bond motifs is 1. The van der Waals surface area contributed by atoms with Crippen molar-refractivity contribution >= 4 is 34.4 Å². The number of para-hydroxylation sites is 1. The van der Waals surface area contributed by atoms with E-state index in [0.29, 0.717) is 0 Å². The lowest BCUT2D eigenvalue weighted by atomic mass is 10.1. The molecule has 0 saturated heterocycles. The monoisotopic (exact) mass is 529 g/mol. The van der Waals surface area contributed by atoms with E-state index in [9.17, 15) is 31.9 Å². The van der Waals surface area contributed by atoms with Gasteiger partial charge in [0.05, 0.1) is 28.5 Å². The van der Waals surface area contributed by atoms with Gasteiger partial charge < -0.3 is 21.1 Å². The first kappa shape index (κ1) is 26.1. The Kier molecular flexibility index (Phi) is 7.02. The fraction of sp³-hybridized carbons (Fsp3) is 0.120. The Morgan fingerprint density at radius 2 is 1.71 bits per heavy atom. The van der Waals surface area contributed by atoms with E-state index in [-0.39, 0.29) is 28.1 Å². The molecule has 0 spiro atoms. The molecule has 0 bridgehead atoms. The molecular formula is C25H19F4N5O4. The molecule has 38 heavy (non-hydrogen) atoms. The Morgan fingerprint density at radius 3 is 2.42 bits per heavy atom. The largest absolute Gasteiger partial charge is 0.465 e. The molecule has 1 unspecified atom stereocenters. The van der Waals surface area contributed by atoms with E-state index in [1.54, 1.807) is 0 Å². The number of carboxylic acid groups (broad SMARTS) is 1. The maximum Gasteiger partial charge on any atom is 0.418 e. The molecule has 13 heteroatoms. The predicted molar refractivity (Wildman–Crippen MR) is 131 cm³/mol. The molecule has 3 aromatic carbocycles. The van der Waals surface area contributed by atoms with Crippen LogP contribution < -0.4 is 21.5 Å². The normalized spacial score (nSPS) is 12.1. The second-order valence-corrected chi connectivity index (χ2v) is 8.09. The van der Waals surface area contributed by atoms with Crippen molar-refractivity contribution in [3.05, 3.63) is 94.3 Å². The summed E-state index contributed by atoms with van der Waals surface area (Å²) in [5.41, 5.74) is -2.15. The zero-order chi connectivity index (χ0) is 27.6. The van der Waals surface area contributed by atoms with Crippen LogP contribution >= 0.6 is 0 Å². The van der Waals surface area contributed by atoms with Crippen molar-refractivity contribution in [1.82, 2.24) is 14.9 Å². The second-order valence-electron chi connectivity index (χ2n) is 8.09. The number of hydrogen-bond donors (Lipinski definition) is 4. The topological polar surface area (TPSA) is 125 Å². The summed E-state index contributed by atoms with van der Waals surface area (Å²) in [4.78, 5) is 41.4. The number of benzene rings is 3. The molecule has 0 fully saturated rings. The third-order valence-electron chi connectivity index (χ3n) is 5.44. The number of carbonyl (C=O) groups excluding carboxylic acids is 1. The number of aromatic nitrogens is 2. The molecule has 0 saturated carbocycles. The van der Waals surface area contributed by atoms with Crippen molar-refractivity contribution in [3.8, 4) is 5.69 Å². The second kappa shape index (κ2) is 10.2. The zero-order valence-electron chi connectivity index (χ0n) is 19.5. The molecule has 196 valence electrons. The number of carbonyl (C=O) groups is 2. The first-order valence-electron chi connectivity index (χ1n) is 11.0. The fourth-order valence-corrected chi connectivity index (χ4v) is 3.84. The molecule has 0 aliphatic carbocycles. The quantitative estimate of drug-likeness (QED) is 0.254. The van der Waals surface area contributed by atoms with Crippen molar-refractivity contribution in [1.29, 1.82) is 0 Å². The lowest BCUT2D eigenvalue weighted by molar-refractivity contribution is -0.136. The van der Waals surface area contributed by atoms with Crippen LogP contribution in [0.15, 0.2) is 71.5 Å². The van der Waals surface area contributed by atoms with E-state index in [0.717, 1.165) is 22.8 Å². The van der Waals surface area contributed by atoms with Crippen molar-refractivity contribution < 1.29 is 32.3 Å². The van der Waals surface area contributed by atoms with Crippen LogP contribution in [0.2, 0.25) is 0 Å². The van der Waals surface area contributed by atoms with Crippen LogP contribution in [-0.2, 0) is 6.18 Å². The van der Waals surface area contributed by atoms with Gasteiger partial charge in [0.15, 0.2) is 0 Å². The number of alkyl halides is 3. The molecule has 1 atom stereocenters. The number of halogens is 4. The van der Waals surface area contributed by atoms with Gasteiger partial charge in [0.1, 0.15) is 17.0 Å². The summed E-state index contributed by atoms with van der Waals surface area (Å²) in [6, 6.07) is 11.9. The summed E-state index contributed by atoms with van der Waals surface area (Å²) in [6.45, 7) is 1.44. The van der Waals surface area contributed by atoms with E-state index in [2.05, 4.69) is 20.9 Å². The van der Waals surface area contributed by atoms with Crippen LogP contribution in [0.5, 0.6) is 0 Å². The number of urea groups is 1. The van der Waals surface area contributed by atoms with Crippen LogP contribution in [0, 0.1) is 5.82 Å². The Labute approximate surface area is 211 Å². The Hall–Kier alpha value is -4.94. The Bertz CT molecular complexity index is 1600. The number of hydrogen-bond acceptors (Lipinski definition) is 4. The van der Waals surface area contributed by atoms with E-state index in [4.69, 9.17) is 5.11 Å². The van der Waals surface area contributed by atoms with Crippen molar-refractivity contribution in [2.45, 2.75) is 19.1 Å². The highest BCUT2D eigenvalue weighted by Gasteiger charge is 2.33. The highest BCUT2D eigenvalue weighted by atomic mass is 19.4.